The maximum Gasteiger partial charge on any atom is 0.408 e. The lowest BCUT2D eigenvalue weighted by Crippen LogP contribution is -2.69. The maximum absolute atomic E-state index is 14.2. The molecule has 4 aliphatic carbocycles. The van der Waals surface area contributed by atoms with Gasteiger partial charge in [-0.15, -0.1) is 0 Å². The molecule has 2 N–H and O–H groups in total. The van der Waals surface area contributed by atoms with Crippen LogP contribution in [0.15, 0.2) is 42.5 Å². The molecule has 5 rings (SSSR count). The topological polar surface area (TPSA) is 119 Å². The van der Waals surface area contributed by atoms with Crippen LogP contribution in [0, 0.1) is 34.0 Å². The number of hydrogen-bond donors (Lipinski definition) is 2. The van der Waals surface area contributed by atoms with Gasteiger partial charge in [0.15, 0.2) is 5.78 Å². The Hall–Kier alpha value is -3.00. The number of ketones is 2. The van der Waals surface area contributed by atoms with E-state index in [2.05, 4.69) is 18.8 Å². The Morgan fingerprint density at radius 2 is 1.76 bits per heavy atom. The number of rotatable bonds is 5. The number of aliphatic hydroxyl groups excluding tert-OH is 1. The van der Waals surface area contributed by atoms with Crippen molar-refractivity contribution in [1.82, 2.24) is 5.32 Å². The number of benzene rings is 1. The second kappa shape index (κ2) is 10.3. The number of carbonyl (C=O) groups excluding carboxylic acids is 4. The summed E-state index contributed by atoms with van der Waals surface area (Å²) in [5.74, 6) is -1.58. The Labute approximate surface area is 248 Å². The van der Waals surface area contributed by atoms with Crippen molar-refractivity contribution < 1.29 is 33.8 Å². The first-order valence-electron chi connectivity index (χ1n) is 15.2. The highest BCUT2D eigenvalue weighted by molar-refractivity contribution is 6.05. The number of esters is 1. The fourth-order valence-corrected chi connectivity index (χ4v) is 8.97. The van der Waals surface area contributed by atoms with Gasteiger partial charge in [-0.05, 0) is 74.8 Å². The highest BCUT2D eigenvalue weighted by Crippen LogP contribution is 2.71. The monoisotopic (exact) mass is 579 g/mol. The summed E-state index contributed by atoms with van der Waals surface area (Å²) in [6, 6.07) is 8.17. The van der Waals surface area contributed by atoms with Gasteiger partial charge in [0.05, 0.1) is 11.5 Å². The van der Waals surface area contributed by atoms with Crippen molar-refractivity contribution in [2.24, 2.45) is 34.0 Å². The van der Waals surface area contributed by atoms with Crippen LogP contribution in [0.5, 0.6) is 0 Å². The summed E-state index contributed by atoms with van der Waals surface area (Å²) in [6.45, 7) is 15.4. The van der Waals surface area contributed by atoms with Crippen LogP contribution in [0.3, 0.4) is 0 Å². The molecule has 8 atom stereocenters. The number of nitrogens with one attached hydrogen (secondary N) is 1. The average molecular weight is 580 g/mol. The normalized spacial score (nSPS) is 36.0. The van der Waals surface area contributed by atoms with Crippen molar-refractivity contribution >= 4 is 23.6 Å². The lowest BCUT2D eigenvalue weighted by atomic mass is 9.39. The standard InChI is InChI=1S/C34H45NO7/c1-19-21-13-14-23-33(7)16-15-25(36)32(5,6)24(33)18-26(34(23,27(19)37)28(21)38)41-29(39)22(17-20-11-9-8-10-12-20)35-30(40)42-31(2,3)4/h8-12,21-24,26,28,38H,1,13-18H2,2-7H3,(H,35,40)/t21-,22?,23-,24+,26+,28+,33-,34-/m0/s1. The van der Waals surface area contributed by atoms with E-state index in [-0.39, 0.29) is 42.2 Å². The van der Waals surface area contributed by atoms with Crippen LogP contribution in [0.2, 0.25) is 0 Å². The third-order valence-electron chi connectivity index (χ3n) is 10.9. The van der Waals surface area contributed by atoms with E-state index >= 15 is 0 Å². The summed E-state index contributed by atoms with van der Waals surface area (Å²) in [6.07, 6.45) is 0.0265. The zero-order valence-corrected chi connectivity index (χ0v) is 25.7. The number of hydrogen-bond acceptors (Lipinski definition) is 7. The minimum absolute atomic E-state index is 0.152. The number of amides is 1. The van der Waals surface area contributed by atoms with Gasteiger partial charge in [0.25, 0.3) is 0 Å². The third-order valence-corrected chi connectivity index (χ3v) is 10.9. The molecule has 4 fully saturated rings. The molecular formula is C34H45NO7. The number of fused-ring (bicyclic) bond motifs is 3. The summed E-state index contributed by atoms with van der Waals surface area (Å²) >= 11 is 0. The van der Waals surface area contributed by atoms with E-state index in [9.17, 15) is 24.3 Å². The summed E-state index contributed by atoms with van der Waals surface area (Å²) in [7, 11) is 0. The zero-order valence-electron chi connectivity index (χ0n) is 25.7. The van der Waals surface area contributed by atoms with Gasteiger partial charge in [-0.3, -0.25) is 9.59 Å². The predicted molar refractivity (Wildman–Crippen MR) is 156 cm³/mol. The van der Waals surface area contributed by atoms with Crippen molar-refractivity contribution in [3.05, 3.63) is 48.0 Å². The van der Waals surface area contributed by atoms with Crippen molar-refractivity contribution in [2.75, 3.05) is 0 Å². The second-order valence-electron chi connectivity index (χ2n) is 14.7. The molecule has 42 heavy (non-hydrogen) atoms. The van der Waals surface area contributed by atoms with E-state index in [0.717, 1.165) is 5.56 Å². The van der Waals surface area contributed by atoms with E-state index < -0.39 is 52.2 Å². The highest BCUT2D eigenvalue weighted by Gasteiger charge is 2.75. The van der Waals surface area contributed by atoms with Gasteiger partial charge < -0.3 is 19.9 Å². The number of carbonyl (C=O) groups is 4. The minimum atomic E-state index is -1.33. The van der Waals surface area contributed by atoms with E-state index in [4.69, 9.17) is 9.47 Å². The Kier molecular flexibility index (Phi) is 7.48. The van der Waals surface area contributed by atoms with Crippen molar-refractivity contribution in [3.8, 4) is 0 Å². The molecule has 228 valence electrons. The van der Waals surface area contributed by atoms with E-state index in [0.29, 0.717) is 31.3 Å². The van der Waals surface area contributed by atoms with Crippen LogP contribution >= 0.6 is 0 Å². The van der Waals surface area contributed by atoms with Crippen LogP contribution in [-0.4, -0.2) is 52.6 Å². The molecule has 0 heterocycles. The van der Waals surface area contributed by atoms with Crippen LogP contribution in [0.25, 0.3) is 0 Å². The quantitative estimate of drug-likeness (QED) is 0.374. The molecule has 0 aliphatic heterocycles. The average Bonchev–Trinajstić information content (AvgIpc) is 3.00. The molecule has 4 saturated carbocycles. The molecule has 1 aromatic rings. The van der Waals surface area contributed by atoms with E-state index in [1.54, 1.807) is 20.8 Å². The summed E-state index contributed by atoms with van der Waals surface area (Å²) in [5.41, 5.74) is -1.98. The highest BCUT2D eigenvalue weighted by atomic mass is 16.6. The first-order valence-corrected chi connectivity index (χ1v) is 15.2. The van der Waals surface area contributed by atoms with E-state index in [1.807, 2.05) is 44.2 Å². The minimum Gasteiger partial charge on any atom is -0.460 e. The van der Waals surface area contributed by atoms with Gasteiger partial charge in [0.2, 0.25) is 0 Å². The van der Waals surface area contributed by atoms with Crippen molar-refractivity contribution in [2.45, 2.75) is 104 Å². The Bertz CT molecular complexity index is 1300. The molecule has 1 spiro atoms. The van der Waals surface area contributed by atoms with Gasteiger partial charge in [-0.2, -0.15) is 0 Å². The van der Waals surface area contributed by atoms with Gasteiger partial charge >= 0.3 is 12.1 Å². The van der Waals surface area contributed by atoms with Crippen molar-refractivity contribution in [3.63, 3.8) is 0 Å². The van der Waals surface area contributed by atoms with E-state index in [1.165, 1.54) is 0 Å². The number of alkyl carbamates (subject to hydrolysis) is 1. The molecule has 8 heteroatoms. The molecule has 4 aliphatic rings. The SMILES string of the molecule is C=C1C(=O)[C@]23[C@H](O)[C@H]1CC[C@H]2[C@]1(C)CCC(=O)C(C)(C)[C@H]1C[C@H]3OC(=O)C(Cc1ccccc1)NC(=O)OC(C)(C)C. The summed E-state index contributed by atoms with van der Waals surface area (Å²) < 4.78 is 11.8. The zero-order chi connectivity index (χ0) is 30.8. The number of ether oxygens (including phenoxy) is 2. The number of Topliss-reactive ketones (excluding diaryl/α,β-unsaturated/α-hetero) is 2. The summed E-state index contributed by atoms with van der Waals surface area (Å²) in [4.78, 5) is 54.2. The Morgan fingerprint density at radius 3 is 2.40 bits per heavy atom. The predicted octanol–water partition coefficient (Wildman–Crippen LogP) is 4.96. The fourth-order valence-electron chi connectivity index (χ4n) is 8.97. The van der Waals surface area contributed by atoms with Crippen LogP contribution < -0.4 is 5.32 Å². The number of aliphatic hydroxyl groups is 1. The maximum atomic E-state index is 14.2. The second-order valence-corrected chi connectivity index (χ2v) is 14.7. The lowest BCUT2D eigenvalue weighted by molar-refractivity contribution is -0.232. The first kappa shape index (κ1) is 30.5. The van der Waals surface area contributed by atoms with Crippen LogP contribution in [-0.2, 0) is 30.3 Å². The summed E-state index contributed by atoms with van der Waals surface area (Å²) in [5, 5.41) is 14.5. The molecule has 1 amide bonds. The molecule has 0 saturated heterocycles. The molecule has 8 nitrogen and oxygen atoms in total. The largest absolute Gasteiger partial charge is 0.460 e. The van der Waals surface area contributed by atoms with Gasteiger partial charge in [-0.1, -0.05) is 57.7 Å². The van der Waals surface area contributed by atoms with Crippen LogP contribution in [0.4, 0.5) is 4.79 Å². The smallest absolute Gasteiger partial charge is 0.408 e. The third kappa shape index (κ3) is 4.70. The van der Waals surface area contributed by atoms with Crippen LogP contribution in [0.1, 0.15) is 79.2 Å². The van der Waals surface area contributed by atoms with Crippen molar-refractivity contribution in [1.29, 1.82) is 0 Å². The molecule has 0 aromatic heterocycles. The van der Waals surface area contributed by atoms with Gasteiger partial charge in [0.1, 0.15) is 23.5 Å². The molecule has 2 bridgehead atoms. The molecule has 1 unspecified atom stereocenters. The first-order chi connectivity index (χ1) is 19.5. The van der Waals surface area contributed by atoms with Gasteiger partial charge in [-0.25, -0.2) is 9.59 Å². The fraction of sp³-hybridized carbons (Fsp3) is 0.647. The van der Waals surface area contributed by atoms with Gasteiger partial charge in [0, 0.05) is 24.2 Å². The Balaban J connectivity index is 1.53. The Morgan fingerprint density at radius 1 is 1.10 bits per heavy atom. The molecule has 1 aromatic carbocycles. The molecular weight excluding hydrogens is 534 g/mol. The lowest BCUT2D eigenvalue weighted by Gasteiger charge is -2.65. The molecule has 0 radical (unpaired) electrons.